The fraction of sp³-hybridized carbons (Fsp3) is 0.688. The number of nitrogens with two attached hydrogens (primary N) is 3. The van der Waals surface area contributed by atoms with Gasteiger partial charge in [0.05, 0.1) is 12.6 Å². The maximum absolute atomic E-state index is 12.2. The van der Waals surface area contributed by atoms with Crippen molar-refractivity contribution in [3.05, 3.63) is 0 Å². The van der Waals surface area contributed by atoms with Crippen molar-refractivity contribution in [2.24, 2.45) is 17.2 Å². The molecule has 0 aliphatic rings. The molecule has 0 heterocycles. The van der Waals surface area contributed by atoms with Gasteiger partial charge in [0.1, 0.15) is 12.1 Å². The summed E-state index contributed by atoms with van der Waals surface area (Å²) in [6.07, 6.45) is 1.40. The second kappa shape index (κ2) is 13.4. The van der Waals surface area contributed by atoms with Gasteiger partial charge in [0.25, 0.3) is 0 Å². The van der Waals surface area contributed by atoms with Crippen LogP contribution in [0.5, 0.6) is 0 Å². The minimum absolute atomic E-state index is 0.0416. The number of carbonyl (C=O) groups is 5. The van der Waals surface area contributed by atoms with E-state index in [4.69, 9.17) is 22.3 Å². The summed E-state index contributed by atoms with van der Waals surface area (Å²) in [7, 11) is 0. The summed E-state index contributed by atoms with van der Waals surface area (Å²) in [4.78, 5) is 57.6. The highest BCUT2D eigenvalue weighted by Crippen LogP contribution is 2.02. The zero-order valence-electron chi connectivity index (χ0n) is 15.9. The SMILES string of the molecule is CC(NC(=O)C(CCCCN)NC(=O)CNC(=O)C(N)CCC(N)=O)C(=O)O. The highest BCUT2D eigenvalue weighted by molar-refractivity contribution is 5.92. The number of hydrogen-bond donors (Lipinski definition) is 7. The van der Waals surface area contributed by atoms with Crippen molar-refractivity contribution in [3.8, 4) is 0 Å². The number of unbranched alkanes of at least 4 members (excludes halogenated alkanes) is 1. The fourth-order valence-electron chi connectivity index (χ4n) is 2.11. The summed E-state index contributed by atoms with van der Waals surface area (Å²) < 4.78 is 0. The first-order chi connectivity index (χ1) is 13.1. The highest BCUT2D eigenvalue weighted by atomic mass is 16.4. The maximum atomic E-state index is 12.2. The van der Waals surface area contributed by atoms with Crippen LogP contribution >= 0.6 is 0 Å². The molecular formula is C16H30N6O6. The monoisotopic (exact) mass is 402 g/mol. The molecule has 0 aromatic rings. The molecule has 0 aromatic heterocycles. The summed E-state index contributed by atoms with van der Waals surface area (Å²) in [6.45, 7) is 1.28. The van der Waals surface area contributed by atoms with Crippen molar-refractivity contribution < 1.29 is 29.1 Å². The van der Waals surface area contributed by atoms with Crippen LogP contribution in [0.1, 0.15) is 39.0 Å². The molecule has 0 bridgehead atoms. The number of primary amides is 1. The first-order valence-corrected chi connectivity index (χ1v) is 8.92. The van der Waals surface area contributed by atoms with Crippen LogP contribution in [0.25, 0.3) is 0 Å². The van der Waals surface area contributed by atoms with E-state index in [-0.39, 0.29) is 19.3 Å². The van der Waals surface area contributed by atoms with Crippen LogP contribution in [0, 0.1) is 0 Å². The number of nitrogens with one attached hydrogen (secondary N) is 3. The van der Waals surface area contributed by atoms with Gasteiger partial charge in [-0.05, 0) is 39.2 Å². The molecule has 0 spiro atoms. The van der Waals surface area contributed by atoms with Crippen molar-refractivity contribution in [3.63, 3.8) is 0 Å². The second-order valence-corrected chi connectivity index (χ2v) is 6.30. The number of carboxylic acids is 1. The molecule has 12 heteroatoms. The van der Waals surface area contributed by atoms with Gasteiger partial charge in [-0.25, -0.2) is 0 Å². The molecule has 4 amide bonds. The Hall–Kier alpha value is -2.73. The largest absolute Gasteiger partial charge is 0.480 e. The van der Waals surface area contributed by atoms with Gasteiger partial charge in [0.2, 0.25) is 23.6 Å². The highest BCUT2D eigenvalue weighted by Gasteiger charge is 2.24. The van der Waals surface area contributed by atoms with E-state index in [1.54, 1.807) is 0 Å². The molecular weight excluding hydrogens is 372 g/mol. The predicted octanol–water partition coefficient (Wildman–Crippen LogP) is -3.10. The minimum atomic E-state index is -1.21. The third-order valence-electron chi connectivity index (χ3n) is 3.79. The Labute approximate surface area is 162 Å². The summed E-state index contributed by atoms with van der Waals surface area (Å²) in [6, 6.07) is -3.09. The Morgan fingerprint density at radius 1 is 1.00 bits per heavy atom. The average Bonchev–Trinajstić information content (AvgIpc) is 2.62. The fourth-order valence-corrected chi connectivity index (χ4v) is 2.11. The van der Waals surface area contributed by atoms with Gasteiger partial charge in [-0.15, -0.1) is 0 Å². The minimum Gasteiger partial charge on any atom is -0.480 e. The van der Waals surface area contributed by atoms with E-state index in [1.165, 1.54) is 6.92 Å². The van der Waals surface area contributed by atoms with Gasteiger partial charge in [0, 0.05) is 6.42 Å². The summed E-state index contributed by atoms with van der Waals surface area (Å²) in [5.74, 6) is -3.74. The number of rotatable bonds is 14. The molecule has 0 radical (unpaired) electrons. The molecule has 160 valence electrons. The number of carbonyl (C=O) groups excluding carboxylic acids is 4. The molecule has 28 heavy (non-hydrogen) atoms. The smallest absolute Gasteiger partial charge is 0.325 e. The zero-order valence-corrected chi connectivity index (χ0v) is 15.9. The van der Waals surface area contributed by atoms with Crippen molar-refractivity contribution in [2.45, 2.75) is 57.2 Å². The normalized spacial score (nSPS) is 13.7. The molecule has 12 nitrogen and oxygen atoms in total. The van der Waals surface area contributed by atoms with Crippen LogP contribution in [0.2, 0.25) is 0 Å². The van der Waals surface area contributed by atoms with Gasteiger partial charge in [-0.2, -0.15) is 0 Å². The molecule has 0 aliphatic carbocycles. The van der Waals surface area contributed by atoms with Crippen molar-refractivity contribution in [1.29, 1.82) is 0 Å². The lowest BCUT2D eigenvalue weighted by atomic mass is 10.1. The van der Waals surface area contributed by atoms with E-state index in [1.807, 2.05) is 0 Å². The first kappa shape index (κ1) is 25.3. The molecule has 0 aromatic carbocycles. The quantitative estimate of drug-likeness (QED) is 0.147. The predicted molar refractivity (Wildman–Crippen MR) is 99.5 cm³/mol. The second-order valence-electron chi connectivity index (χ2n) is 6.30. The third kappa shape index (κ3) is 11.1. The van der Waals surface area contributed by atoms with E-state index in [0.29, 0.717) is 19.4 Å². The molecule has 0 aliphatic heterocycles. The standard InChI is InChI=1S/C16H30N6O6/c1-9(16(27)28)21-15(26)11(4-2-3-7-17)22-13(24)8-20-14(25)10(18)5-6-12(19)23/h9-11H,2-8,17-18H2,1H3,(H2,19,23)(H,20,25)(H,21,26)(H,22,24)(H,27,28). The molecule has 3 unspecified atom stereocenters. The van der Waals surface area contributed by atoms with E-state index in [2.05, 4.69) is 16.0 Å². The Balaban J connectivity index is 4.64. The van der Waals surface area contributed by atoms with Crippen LogP contribution in [0.3, 0.4) is 0 Å². The lowest BCUT2D eigenvalue weighted by molar-refractivity contribution is -0.141. The van der Waals surface area contributed by atoms with Crippen molar-refractivity contribution in [1.82, 2.24) is 16.0 Å². The average molecular weight is 402 g/mol. The van der Waals surface area contributed by atoms with Crippen LogP contribution in [-0.4, -0.2) is 65.9 Å². The van der Waals surface area contributed by atoms with E-state index < -0.39 is 54.3 Å². The van der Waals surface area contributed by atoms with Crippen LogP contribution < -0.4 is 33.2 Å². The lowest BCUT2D eigenvalue weighted by Crippen LogP contribution is -2.53. The summed E-state index contributed by atoms with van der Waals surface area (Å²) in [5, 5.41) is 15.9. The lowest BCUT2D eigenvalue weighted by Gasteiger charge is -2.20. The summed E-state index contributed by atoms with van der Waals surface area (Å²) >= 11 is 0. The van der Waals surface area contributed by atoms with Gasteiger partial charge in [-0.1, -0.05) is 0 Å². The molecule has 10 N–H and O–H groups in total. The number of carboxylic acid groups (broad SMARTS) is 1. The van der Waals surface area contributed by atoms with Crippen LogP contribution in [0.4, 0.5) is 0 Å². The third-order valence-corrected chi connectivity index (χ3v) is 3.79. The number of aliphatic carboxylic acids is 1. The van der Waals surface area contributed by atoms with Gasteiger partial charge in [-0.3, -0.25) is 24.0 Å². The zero-order chi connectivity index (χ0) is 21.7. The Morgan fingerprint density at radius 2 is 1.64 bits per heavy atom. The number of amides is 4. The van der Waals surface area contributed by atoms with Gasteiger partial charge >= 0.3 is 5.97 Å². The Kier molecular flexibility index (Phi) is 12.1. The van der Waals surface area contributed by atoms with Crippen molar-refractivity contribution >= 4 is 29.6 Å². The van der Waals surface area contributed by atoms with E-state index >= 15 is 0 Å². The first-order valence-electron chi connectivity index (χ1n) is 8.92. The van der Waals surface area contributed by atoms with Crippen molar-refractivity contribution in [2.75, 3.05) is 13.1 Å². The van der Waals surface area contributed by atoms with Crippen LogP contribution in [-0.2, 0) is 24.0 Å². The van der Waals surface area contributed by atoms with E-state index in [0.717, 1.165) is 0 Å². The van der Waals surface area contributed by atoms with Gasteiger partial charge < -0.3 is 38.3 Å². The molecule has 0 saturated heterocycles. The Morgan fingerprint density at radius 3 is 2.18 bits per heavy atom. The number of hydrogen-bond acceptors (Lipinski definition) is 7. The Bertz CT molecular complexity index is 570. The van der Waals surface area contributed by atoms with Crippen LogP contribution in [0.15, 0.2) is 0 Å². The van der Waals surface area contributed by atoms with Gasteiger partial charge in [0.15, 0.2) is 0 Å². The topological polar surface area (TPSA) is 220 Å². The molecule has 3 atom stereocenters. The molecule has 0 rings (SSSR count). The molecule has 0 fully saturated rings. The summed E-state index contributed by atoms with van der Waals surface area (Å²) in [5.41, 5.74) is 16.0. The maximum Gasteiger partial charge on any atom is 0.325 e. The van der Waals surface area contributed by atoms with E-state index in [9.17, 15) is 24.0 Å². The molecule has 0 saturated carbocycles.